The number of amides is 1. The van der Waals surface area contributed by atoms with Gasteiger partial charge in [-0.3, -0.25) is 4.79 Å². The molecule has 20 heavy (non-hydrogen) atoms. The van der Waals surface area contributed by atoms with Crippen molar-refractivity contribution in [2.24, 2.45) is 5.73 Å². The lowest BCUT2D eigenvalue weighted by Gasteiger charge is -2.29. The second-order valence-corrected chi connectivity index (χ2v) is 4.91. The highest BCUT2D eigenvalue weighted by Gasteiger charge is 2.28. The van der Waals surface area contributed by atoms with Crippen LogP contribution in [0.15, 0.2) is 24.3 Å². The summed E-state index contributed by atoms with van der Waals surface area (Å²) in [6.07, 6.45) is 2.89. The summed E-state index contributed by atoms with van der Waals surface area (Å²) in [6.45, 7) is 3.86. The third-order valence-electron chi connectivity index (χ3n) is 3.29. The highest BCUT2D eigenvalue weighted by molar-refractivity contribution is 6.03. The van der Waals surface area contributed by atoms with Crippen LogP contribution in [0, 0.1) is 0 Å². The van der Waals surface area contributed by atoms with Gasteiger partial charge in [-0.05, 0) is 37.6 Å². The van der Waals surface area contributed by atoms with E-state index in [1.807, 2.05) is 38.1 Å². The summed E-state index contributed by atoms with van der Waals surface area (Å²) in [5.41, 5.74) is 8.37. The molecule has 108 valence electrons. The minimum Gasteiger partial charge on any atom is -0.496 e. The van der Waals surface area contributed by atoms with Gasteiger partial charge in [0, 0.05) is 11.6 Å². The Bertz CT molecular complexity index is 538. The maximum absolute atomic E-state index is 12.0. The highest BCUT2D eigenvalue weighted by Crippen LogP contribution is 2.31. The van der Waals surface area contributed by atoms with Gasteiger partial charge in [0.1, 0.15) is 11.8 Å². The molecule has 1 aromatic carbocycles. The fourth-order valence-electron chi connectivity index (χ4n) is 2.25. The number of benzene rings is 1. The van der Waals surface area contributed by atoms with Crippen LogP contribution in [0.5, 0.6) is 0 Å². The van der Waals surface area contributed by atoms with Gasteiger partial charge in [-0.2, -0.15) is 0 Å². The van der Waals surface area contributed by atoms with Crippen LogP contribution >= 0.6 is 0 Å². The van der Waals surface area contributed by atoms with E-state index in [2.05, 4.69) is 10.6 Å². The first kappa shape index (κ1) is 14.4. The summed E-state index contributed by atoms with van der Waals surface area (Å²) < 4.78 is 5.36. The van der Waals surface area contributed by atoms with Crippen molar-refractivity contribution in [3.8, 4) is 0 Å². The molecule has 0 bridgehead atoms. The fourth-order valence-corrected chi connectivity index (χ4v) is 2.25. The summed E-state index contributed by atoms with van der Waals surface area (Å²) in [4.78, 5) is 12.0. The topological polar surface area (TPSA) is 76.4 Å². The largest absolute Gasteiger partial charge is 0.496 e. The van der Waals surface area contributed by atoms with Gasteiger partial charge in [-0.1, -0.05) is 6.92 Å². The number of carbonyl (C=O) groups excluding carboxylic acids is 1. The van der Waals surface area contributed by atoms with E-state index in [0.717, 1.165) is 29.1 Å². The Hall–Kier alpha value is -2.01. The first-order valence-electron chi connectivity index (χ1n) is 6.78. The summed E-state index contributed by atoms with van der Waals surface area (Å²) >= 11 is 0. The molecule has 5 heteroatoms. The number of anilines is 2. The zero-order chi connectivity index (χ0) is 14.7. The Labute approximate surface area is 119 Å². The van der Waals surface area contributed by atoms with E-state index in [0.29, 0.717) is 0 Å². The Balaban J connectivity index is 2.32. The van der Waals surface area contributed by atoms with E-state index in [4.69, 9.17) is 10.5 Å². The molecule has 0 saturated carbocycles. The number of rotatable bonds is 4. The normalized spacial score (nSPS) is 19.7. The number of hydrogen-bond acceptors (Lipinski definition) is 4. The SMILES string of the molecule is CC/C=C(/OC)c1ccc2c(c1)NC(=O)C(C(C)N)N2. The van der Waals surface area contributed by atoms with Gasteiger partial charge < -0.3 is 21.1 Å². The Kier molecular flexibility index (Phi) is 4.29. The van der Waals surface area contributed by atoms with Crippen LogP contribution in [0.4, 0.5) is 11.4 Å². The van der Waals surface area contributed by atoms with Crippen molar-refractivity contribution in [1.29, 1.82) is 0 Å². The summed E-state index contributed by atoms with van der Waals surface area (Å²) in [5, 5.41) is 6.05. The number of methoxy groups -OCH3 is 1. The molecule has 0 radical (unpaired) electrons. The molecule has 0 spiro atoms. The molecule has 5 nitrogen and oxygen atoms in total. The lowest BCUT2D eigenvalue weighted by atomic mass is 10.0. The van der Waals surface area contributed by atoms with Gasteiger partial charge in [0.05, 0.1) is 18.5 Å². The van der Waals surface area contributed by atoms with Crippen molar-refractivity contribution >= 4 is 23.0 Å². The Morgan fingerprint density at radius 1 is 1.50 bits per heavy atom. The maximum Gasteiger partial charge on any atom is 0.248 e. The monoisotopic (exact) mass is 275 g/mol. The number of nitrogens with one attached hydrogen (secondary N) is 2. The number of ether oxygens (including phenoxy) is 1. The average molecular weight is 275 g/mol. The summed E-state index contributed by atoms with van der Waals surface area (Å²) in [7, 11) is 1.64. The maximum atomic E-state index is 12.0. The van der Waals surface area contributed by atoms with Gasteiger partial charge in [0.25, 0.3) is 0 Å². The fraction of sp³-hybridized carbons (Fsp3) is 0.400. The van der Waals surface area contributed by atoms with Crippen molar-refractivity contribution in [2.45, 2.75) is 32.4 Å². The first-order chi connectivity index (χ1) is 9.56. The molecule has 1 aromatic rings. The quantitative estimate of drug-likeness (QED) is 0.736. The molecule has 4 N–H and O–H groups in total. The van der Waals surface area contributed by atoms with Crippen LogP contribution in [0.25, 0.3) is 5.76 Å². The summed E-state index contributed by atoms with van der Waals surface area (Å²) in [6, 6.07) is 5.15. The van der Waals surface area contributed by atoms with Crippen LogP contribution in [0.3, 0.4) is 0 Å². The van der Waals surface area contributed by atoms with Crippen molar-refractivity contribution in [2.75, 3.05) is 17.7 Å². The van der Waals surface area contributed by atoms with E-state index in [1.54, 1.807) is 7.11 Å². The molecule has 1 aliphatic rings. The number of allylic oxidation sites excluding steroid dienone is 1. The number of fused-ring (bicyclic) bond motifs is 1. The molecule has 2 unspecified atom stereocenters. The molecule has 1 aliphatic heterocycles. The minimum atomic E-state index is -0.401. The zero-order valence-electron chi connectivity index (χ0n) is 12.1. The van der Waals surface area contributed by atoms with Gasteiger partial charge >= 0.3 is 0 Å². The van der Waals surface area contributed by atoms with E-state index in [9.17, 15) is 4.79 Å². The van der Waals surface area contributed by atoms with E-state index < -0.39 is 6.04 Å². The molecule has 1 heterocycles. The van der Waals surface area contributed by atoms with Crippen LogP contribution in [-0.2, 0) is 9.53 Å². The smallest absolute Gasteiger partial charge is 0.248 e. The van der Waals surface area contributed by atoms with Crippen molar-refractivity contribution in [3.05, 3.63) is 29.8 Å². The Morgan fingerprint density at radius 2 is 2.25 bits per heavy atom. The van der Waals surface area contributed by atoms with Crippen LogP contribution in [0.2, 0.25) is 0 Å². The molecular formula is C15H21N3O2. The Morgan fingerprint density at radius 3 is 2.85 bits per heavy atom. The van der Waals surface area contributed by atoms with Crippen molar-refractivity contribution in [1.82, 2.24) is 0 Å². The summed E-state index contributed by atoms with van der Waals surface area (Å²) in [5.74, 6) is 0.696. The van der Waals surface area contributed by atoms with Crippen molar-refractivity contribution in [3.63, 3.8) is 0 Å². The van der Waals surface area contributed by atoms with Crippen LogP contribution in [-0.4, -0.2) is 25.1 Å². The number of hydrogen-bond donors (Lipinski definition) is 3. The van der Waals surface area contributed by atoms with E-state index in [1.165, 1.54) is 0 Å². The molecule has 0 fully saturated rings. The van der Waals surface area contributed by atoms with Crippen LogP contribution in [0.1, 0.15) is 25.8 Å². The highest BCUT2D eigenvalue weighted by atomic mass is 16.5. The van der Waals surface area contributed by atoms with Crippen molar-refractivity contribution < 1.29 is 9.53 Å². The van der Waals surface area contributed by atoms with E-state index in [-0.39, 0.29) is 11.9 Å². The number of nitrogens with two attached hydrogens (primary N) is 1. The standard InChI is InChI=1S/C15H21N3O2/c1-4-5-13(20-3)10-6-7-11-12(8-10)18-15(19)14(17-11)9(2)16/h5-9,14,17H,4,16H2,1-3H3,(H,18,19)/b13-5+. The number of carbonyl (C=O) groups is 1. The first-order valence-corrected chi connectivity index (χ1v) is 6.78. The molecule has 2 rings (SSSR count). The molecule has 0 aromatic heterocycles. The molecule has 2 atom stereocenters. The third kappa shape index (κ3) is 2.77. The van der Waals surface area contributed by atoms with E-state index >= 15 is 0 Å². The third-order valence-corrected chi connectivity index (χ3v) is 3.29. The van der Waals surface area contributed by atoms with Gasteiger partial charge in [0.15, 0.2) is 0 Å². The molecule has 1 amide bonds. The second-order valence-electron chi connectivity index (χ2n) is 4.91. The molecule has 0 aliphatic carbocycles. The van der Waals surface area contributed by atoms with Gasteiger partial charge in [-0.15, -0.1) is 0 Å². The van der Waals surface area contributed by atoms with Crippen LogP contribution < -0.4 is 16.4 Å². The predicted octanol–water partition coefficient (Wildman–Crippen LogP) is 2.16. The zero-order valence-corrected chi connectivity index (χ0v) is 12.1. The lowest BCUT2D eigenvalue weighted by Crippen LogP contribution is -2.49. The average Bonchev–Trinajstić information content (AvgIpc) is 2.43. The molecular weight excluding hydrogens is 254 g/mol. The van der Waals surface area contributed by atoms with Gasteiger partial charge in [-0.25, -0.2) is 0 Å². The minimum absolute atomic E-state index is 0.108. The lowest BCUT2D eigenvalue weighted by molar-refractivity contribution is -0.117. The molecule has 0 saturated heterocycles. The second kappa shape index (κ2) is 5.96. The predicted molar refractivity (Wildman–Crippen MR) is 81.4 cm³/mol. The van der Waals surface area contributed by atoms with Gasteiger partial charge in [0.2, 0.25) is 5.91 Å².